The minimum atomic E-state index is 0.345. The summed E-state index contributed by atoms with van der Waals surface area (Å²) in [4.78, 5) is 0. The van der Waals surface area contributed by atoms with Crippen molar-refractivity contribution in [3.8, 4) is 5.75 Å². The van der Waals surface area contributed by atoms with E-state index in [0.29, 0.717) is 18.0 Å². The van der Waals surface area contributed by atoms with Crippen LogP contribution < -0.4 is 10.1 Å². The summed E-state index contributed by atoms with van der Waals surface area (Å²) in [6.45, 7) is 0.751. The topological polar surface area (TPSA) is 21.3 Å². The van der Waals surface area contributed by atoms with E-state index in [1.165, 1.54) is 24.0 Å². The van der Waals surface area contributed by atoms with Crippen molar-refractivity contribution in [2.45, 2.75) is 30.8 Å². The fourth-order valence-electron chi connectivity index (χ4n) is 3.35. The maximum Gasteiger partial charge on any atom is 0.124 e. The van der Waals surface area contributed by atoms with Crippen molar-refractivity contribution in [2.24, 2.45) is 0 Å². The number of hydrogen-bond acceptors (Lipinski definition) is 2. The molecule has 0 amide bonds. The van der Waals surface area contributed by atoms with Crippen LogP contribution >= 0.6 is 11.6 Å². The molecular formula is C18H18ClNO. The molecule has 2 aromatic carbocycles. The van der Waals surface area contributed by atoms with Crippen molar-refractivity contribution >= 4 is 11.6 Å². The molecule has 1 saturated carbocycles. The average molecular weight is 300 g/mol. The lowest BCUT2D eigenvalue weighted by Crippen LogP contribution is -2.42. The number of fused-ring (bicyclic) bond motifs is 1. The van der Waals surface area contributed by atoms with E-state index >= 15 is 0 Å². The van der Waals surface area contributed by atoms with Gasteiger partial charge in [0.1, 0.15) is 12.4 Å². The van der Waals surface area contributed by atoms with Crippen LogP contribution in [0.4, 0.5) is 0 Å². The second-order valence-electron chi connectivity index (χ2n) is 5.98. The number of hydrogen-bond donors (Lipinski definition) is 1. The highest BCUT2D eigenvalue weighted by Gasteiger charge is 2.34. The van der Waals surface area contributed by atoms with Gasteiger partial charge in [-0.3, -0.25) is 0 Å². The number of halogens is 1. The lowest BCUT2D eigenvalue weighted by molar-refractivity contribution is 0.236. The molecule has 21 heavy (non-hydrogen) atoms. The molecular weight excluding hydrogens is 282 g/mol. The highest BCUT2D eigenvalue weighted by Crippen LogP contribution is 2.40. The van der Waals surface area contributed by atoms with Crippen LogP contribution in [-0.2, 0) is 0 Å². The molecule has 3 heteroatoms. The van der Waals surface area contributed by atoms with Gasteiger partial charge in [-0.2, -0.15) is 0 Å². The number of nitrogens with one attached hydrogen (secondary N) is 1. The van der Waals surface area contributed by atoms with Gasteiger partial charge in [-0.15, -0.1) is 0 Å². The Kier molecular flexibility index (Phi) is 3.36. The first-order valence-electron chi connectivity index (χ1n) is 7.53. The molecule has 0 aromatic heterocycles. The minimum Gasteiger partial charge on any atom is -0.491 e. The first kappa shape index (κ1) is 13.2. The zero-order chi connectivity index (χ0) is 14.2. The van der Waals surface area contributed by atoms with Crippen LogP contribution in [0.3, 0.4) is 0 Å². The Morgan fingerprint density at radius 1 is 1.00 bits per heavy atom. The molecule has 1 heterocycles. The molecule has 1 fully saturated rings. The summed E-state index contributed by atoms with van der Waals surface area (Å²) in [5.41, 5.74) is 2.70. The van der Waals surface area contributed by atoms with Gasteiger partial charge in [0.15, 0.2) is 0 Å². The molecule has 1 aliphatic heterocycles. The summed E-state index contributed by atoms with van der Waals surface area (Å²) in [6.07, 6.45) is 2.39. The standard InChI is InChI=1S/C18H18ClNO/c19-14-7-5-12(6-8-14)13-9-15(10-13)20-17-11-21-18-4-2-1-3-16(17)18/h1-8,13,15,17,20H,9-11H2. The SMILES string of the molecule is Clc1ccc(C2CC(NC3COc4ccccc43)C2)cc1. The molecule has 1 aliphatic carbocycles. The van der Waals surface area contributed by atoms with Crippen LogP contribution in [0.1, 0.15) is 35.9 Å². The van der Waals surface area contributed by atoms with Crippen LogP contribution in [0.5, 0.6) is 5.75 Å². The van der Waals surface area contributed by atoms with Gasteiger partial charge < -0.3 is 10.1 Å². The van der Waals surface area contributed by atoms with Gasteiger partial charge in [0, 0.05) is 16.6 Å². The number of benzene rings is 2. The first-order valence-corrected chi connectivity index (χ1v) is 7.90. The van der Waals surface area contributed by atoms with Gasteiger partial charge in [-0.05, 0) is 42.5 Å². The van der Waals surface area contributed by atoms with Crippen molar-refractivity contribution in [3.63, 3.8) is 0 Å². The zero-order valence-corrected chi connectivity index (χ0v) is 12.5. The van der Waals surface area contributed by atoms with Crippen LogP contribution in [0, 0.1) is 0 Å². The number of rotatable bonds is 3. The minimum absolute atomic E-state index is 0.345. The fourth-order valence-corrected chi connectivity index (χ4v) is 3.47. The molecule has 2 aromatic rings. The summed E-state index contributed by atoms with van der Waals surface area (Å²) in [5.74, 6) is 1.70. The van der Waals surface area contributed by atoms with Gasteiger partial charge in [0.2, 0.25) is 0 Å². The summed E-state index contributed by atoms with van der Waals surface area (Å²) >= 11 is 5.94. The summed E-state index contributed by atoms with van der Waals surface area (Å²) in [7, 11) is 0. The molecule has 2 aliphatic rings. The van der Waals surface area contributed by atoms with Gasteiger partial charge in [0.25, 0.3) is 0 Å². The summed E-state index contributed by atoms with van der Waals surface area (Å²) in [6, 6.07) is 17.5. The van der Waals surface area contributed by atoms with Crippen molar-refractivity contribution in [1.29, 1.82) is 0 Å². The summed E-state index contributed by atoms with van der Waals surface area (Å²) < 4.78 is 5.73. The lowest BCUT2D eigenvalue weighted by Gasteiger charge is -2.38. The highest BCUT2D eigenvalue weighted by molar-refractivity contribution is 6.30. The van der Waals surface area contributed by atoms with Crippen LogP contribution in [-0.4, -0.2) is 12.6 Å². The third kappa shape index (κ3) is 2.54. The molecule has 1 N–H and O–H groups in total. The third-order valence-electron chi connectivity index (χ3n) is 4.62. The van der Waals surface area contributed by atoms with Crippen LogP contribution in [0.2, 0.25) is 5.02 Å². The molecule has 1 unspecified atom stereocenters. The lowest BCUT2D eigenvalue weighted by atomic mass is 9.75. The van der Waals surface area contributed by atoms with E-state index in [0.717, 1.165) is 17.4 Å². The smallest absolute Gasteiger partial charge is 0.124 e. The molecule has 0 saturated heterocycles. The van der Waals surface area contributed by atoms with Gasteiger partial charge in [-0.25, -0.2) is 0 Å². The average Bonchev–Trinajstić information content (AvgIpc) is 2.87. The van der Waals surface area contributed by atoms with Gasteiger partial charge in [-0.1, -0.05) is 41.9 Å². The first-order chi connectivity index (χ1) is 10.3. The molecule has 108 valence electrons. The van der Waals surface area contributed by atoms with Crippen molar-refractivity contribution in [2.75, 3.05) is 6.61 Å². The van der Waals surface area contributed by atoms with E-state index in [1.807, 2.05) is 24.3 Å². The van der Waals surface area contributed by atoms with Crippen molar-refractivity contribution in [3.05, 3.63) is 64.7 Å². The largest absolute Gasteiger partial charge is 0.491 e. The van der Waals surface area contributed by atoms with Crippen molar-refractivity contribution < 1.29 is 4.74 Å². The Bertz CT molecular complexity index is 634. The maximum atomic E-state index is 5.94. The van der Waals surface area contributed by atoms with Crippen molar-refractivity contribution in [1.82, 2.24) is 5.32 Å². The Hall–Kier alpha value is -1.51. The van der Waals surface area contributed by atoms with Crippen LogP contribution in [0.15, 0.2) is 48.5 Å². The second kappa shape index (κ2) is 5.36. The van der Waals surface area contributed by atoms with E-state index in [1.54, 1.807) is 0 Å². The Labute approximate surface area is 130 Å². The molecule has 4 rings (SSSR count). The molecule has 2 nitrogen and oxygen atoms in total. The van der Waals surface area contributed by atoms with E-state index in [-0.39, 0.29) is 0 Å². The Morgan fingerprint density at radius 2 is 1.76 bits per heavy atom. The third-order valence-corrected chi connectivity index (χ3v) is 4.87. The normalized spacial score (nSPS) is 26.8. The Balaban J connectivity index is 1.36. The highest BCUT2D eigenvalue weighted by atomic mass is 35.5. The molecule has 1 atom stereocenters. The molecule has 0 spiro atoms. The quantitative estimate of drug-likeness (QED) is 0.912. The monoisotopic (exact) mass is 299 g/mol. The number of ether oxygens (including phenoxy) is 1. The number of para-hydroxylation sites is 1. The predicted molar refractivity (Wildman–Crippen MR) is 85.0 cm³/mol. The second-order valence-corrected chi connectivity index (χ2v) is 6.42. The molecule has 0 radical (unpaired) electrons. The van der Waals surface area contributed by atoms with E-state index in [4.69, 9.17) is 16.3 Å². The van der Waals surface area contributed by atoms with Gasteiger partial charge >= 0.3 is 0 Å². The van der Waals surface area contributed by atoms with Gasteiger partial charge in [0.05, 0.1) is 6.04 Å². The summed E-state index contributed by atoms with van der Waals surface area (Å²) in [5, 5.41) is 4.54. The predicted octanol–water partition coefficient (Wildman–Crippen LogP) is 4.31. The zero-order valence-electron chi connectivity index (χ0n) is 11.8. The van der Waals surface area contributed by atoms with E-state index in [9.17, 15) is 0 Å². The molecule has 0 bridgehead atoms. The van der Waals surface area contributed by atoms with E-state index in [2.05, 4.69) is 29.6 Å². The van der Waals surface area contributed by atoms with E-state index < -0.39 is 0 Å². The maximum absolute atomic E-state index is 5.94. The Morgan fingerprint density at radius 3 is 2.57 bits per heavy atom. The fraction of sp³-hybridized carbons (Fsp3) is 0.333. The van der Waals surface area contributed by atoms with Crippen LogP contribution in [0.25, 0.3) is 0 Å².